The third-order valence-electron chi connectivity index (χ3n) is 4.64. The van der Waals surface area contributed by atoms with Crippen molar-refractivity contribution < 1.29 is 9.31 Å². The fourth-order valence-corrected chi connectivity index (χ4v) is 2.53. The third kappa shape index (κ3) is 2.70. The monoisotopic (exact) mass is 287 g/mol. The van der Waals surface area contributed by atoms with Gasteiger partial charge in [0.1, 0.15) is 0 Å². The van der Waals surface area contributed by atoms with Crippen molar-refractivity contribution in [2.24, 2.45) is 0 Å². The number of nitrogens with zero attached hydrogens (tertiary/aromatic N) is 3. The highest BCUT2D eigenvalue weighted by molar-refractivity contribution is 6.54. The van der Waals surface area contributed by atoms with Crippen molar-refractivity contribution in [2.45, 2.75) is 45.3 Å². The molecule has 112 valence electrons. The molecule has 3 rings (SSSR count). The van der Waals surface area contributed by atoms with Crippen molar-refractivity contribution in [1.29, 1.82) is 0 Å². The summed E-state index contributed by atoms with van der Waals surface area (Å²) in [6, 6.07) is 1.83. The van der Waals surface area contributed by atoms with E-state index in [0.29, 0.717) is 0 Å². The molecule has 0 radical (unpaired) electrons. The lowest BCUT2D eigenvalue weighted by molar-refractivity contribution is 0.00578. The number of aromatic nitrogens is 2. The van der Waals surface area contributed by atoms with E-state index >= 15 is 0 Å². The van der Waals surface area contributed by atoms with Gasteiger partial charge in [-0.2, -0.15) is 0 Å². The molecule has 1 aromatic heterocycles. The maximum atomic E-state index is 6.10. The molecule has 21 heavy (non-hydrogen) atoms. The molecular weight excluding hydrogens is 265 g/mol. The highest BCUT2D eigenvalue weighted by Gasteiger charge is 2.52. The van der Waals surface area contributed by atoms with E-state index in [1.54, 1.807) is 12.4 Å². The molecule has 0 N–H and O–H groups in total. The van der Waals surface area contributed by atoms with Gasteiger partial charge in [0, 0.05) is 25.5 Å². The summed E-state index contributed by atoms with van der Waals surface area (Å²) < 4.78 is 12.2. The second-order valence-corrected chi connectivity index (χ2v) is 6.61. The van der Waals surface area contributed by atoms with E-state index in [9.17, 15) is 0 Å². The predicted octanol–water partition coefficient (Wildman–Crippen LogP) is 2.24. The van der Waals surface area contributed by atoms with Gasteiger partial charge < -0.3 is 14.2 Å². The molecule has 0 unspecified atom stereocenters. The van der Waals surface area contributed by atoms with E-state index in [-0.39, 0.29) is 18.3 Å². The van der Waals surface area contributed by atoms with Gasteiger partial charge in [0.25, 0.3) is 0 Å². The predicted molar refractivity (Wildman–Crippen MR) is 83.0 cm³/mol. The Morgan fingerprint density at radius 2 is 1.71 bits per heavy atom. The van der Waals surface area contributed by atoms with Gasteiger partial charge in [-0.1, -0.05) is 6.08 Å². The van der Waals surface area contributed by atoms with E-state index in [1.165, 1.54) is 5.47 Å². The molecule has 0 aromatic carbocycles. The van der Waals surface area contributed by atoms with E-state index in [0.717, 1.165) is 25.5 Å². The van der Waals surface area contributed by atoms with Crippen LogP contribution >= 0.6 is 0 Å². The molecule has 1 aromatic rings. The standard InChI is InChI=1S/C15H22BN3O2/c1-14(2)15(3,4)21-16(20-14)12-6-10-19(11-7-12)13-17-8-5-9-18-13/h5-6,8-9H,7,10-11H2,1-4H3. The molecule has 6 heteroatoms. The van der Waals surface area contributed by atoms with Crippen LogP contribution in [-0.4, -0.2) is 41.4 Å². The Balaban J connectivity index is 1.69. The summed E-state index contributed by atoms with van der Waals surface area (Å²) in [5.74, 6) is 0.779. The lowest BCUT2D eigenvalue weighted by Crippen LogP contribution is -2.41. The van der Waals surface area contributed by atoms with E-state index in [2.05, 4.69) is 48.6 Å². The van der Waals surface area contributed by atoms with Gasteiger partial charge in [0.15, 0.2) is 0 Å². The number of hydrogen-bond acceptors (Lipinski definition) is 5. The van der Waals surface area contributed by atoms with Crippen molar-refractivity contribution in [1.82, 2.24) is 9.97 Å². The SMILES string of the molecule is CC1(C)OB(C2=CCN(c3ncccn3)CC2)OC1(C)C. The van der Waals surface area contributed by atoms with Crippen LogP contribution in [-0.2, 0) is 9.31 Å². The van der Waals surface area contributed by atoms with Crippen molar-refractivity contribution in [3.05, 3.63) is 30.0 Å². The Kier molecular flexibility index (Phi) is 3.53. The zero-order valence-corrected chi connectivity index (χ0v) is 13.2. The summed E-state index contributed by atoms with van der Waals surface area (Å²) in [5, 5.41) is 0. The van der Waals surface area contributed by atoms with Crippen molar-refractivity contribution in [3.8, 4) is 0 Å². The van der Waals surface area contributed by atoms with Gasteiger partial charge in [-0.3, -0.25) is 0 Å². The van der Waals surface area contributed by atoms with E-state index in [1.807, 2.05) is 6.07 Å². The van der Waals surface area contributed by atoms with Crippen LogP contribution in [0.5, 0.6) is 0 Å². The lowest BCUT2D eigenvalue weighted by atomic mass is 9.75. The molecule has 0 amide bonds. The smallest absolute Gasteiger partial charge is 0.400 e. The highest BCUT2D eigenvalue weighted by Crippen LogP contribution is 2.39. The van der Waals surface area contributed by atoms with E-state index < -0.39 is 0 Å². The second-order valence-electron chi connectivity index (χ2n) is 6.61. The van der Waals surface area contributed by atoms with Gasteiger partial charge in [0.05, 0.1) is 11.2 Å². The maximum Gasteiger partial charge on any atom is 0.490 e. The molecule has 1 fully saturated rings. The Morgan fingerprint density at radius 1 is 1.10 bits per heavy atom. The van der Waals surface area contributed by atoms with Gasteiger partial charge in [-0.25, -0.2) is 9.97 Å². The van der Waals surface area contributed by atoms with Crippen molar-refractivity contribution in [2.75, 3.05) is 18.0 Å². The van der Waals surface area contributed by atoms with Crippen LogP contribution in [0.15, 0.2) is 30.0 Å². The first-order valence-corrected chi connectivity index (χ1v) is 7.46. The Hall–Kier alpha value is -1.40. The highest BCUT2D eigenvalue weighted by atomic mass is 16.7. The summed E-state index contributed by atoms with van der Waals surface area (Å²) in [5.41, 5.74) is 0.664. The Bertz CT molecular complexity index is 529. The molecule has 0 atom stereocenters. The average Bonchev–Trinajstić information content (AvgIpc) is 2.69. The minimum Gasteiger partial charge on any atom is -0.400 e. The summed E-state index contributed by atoms with van der Waals surface area (Å²) in [6.07, 6.45) is 6.64. The average molecular weight is 287 g/mol. The first-order valence-electron chi connectivity index (χ1n) is 7.46. The van der Waals surface area contributed by atoms with Gasteiger partial charge in [-0.15, -0.1) is 0 Å². The summed E-state index contributed by atoms with van der Waals surface area (Å²) >= 11 is 0. The number of anilines is 1. The van der Waals surface area contributed by atoms with Crippen LogP contribution in [0.25, 0.3) is 0 Å². The summed E-state index contributed by atoms with van der Waals surface area (Å²) in [4.78, 5) is 10.7. The van der Waals surface area contributed by atoms with Crippen LogP contribution < -0.4 is 4.90 Å². The number of rotatable bonds is 2. The third-order valence-corrected chi connectivity index (χ3v) is 4.64. The largest absolute Gasteiger partial charge is 0.490 e. The molecule has 2 aliphatic rings. The second kappa shape index (κ2) is 5.11. The maximum absolute atomic E-state index is 6.10. The quantitative estimate of drug-likeness (QED) is 0.781. The number of hydrogen-bond donors (Lipinski definition) is 0. The van der Waals surface area contributed by atoms with Crippen molar-refractivity contribution in [3.63, 3.8) is 0 Å². The summed E-state index contributed by atoms with van der Waals surface area (Å²) in [7, 11) is -0.228. The lowest BCUT2D eigenvalue weighted by Gasteiger charge is -2.32. The summed E-state index contributed by atoms with van der Waals surface area (Å²) in [6.45, 7) is 10.0. The molecule has 0 bridgehead atoms. The van der Waals surface area contributed by atoms with E-state index in [4.69, 9.17) is 9.31 Å². The van der Waals surface area contributed by atoms with Crippen LogP contribution in [0.2, 0.25) is 0 Å². The van der Waals surface area contributed by atoms with Crippen LogP contribution in [0.1, 0.15) is 34.1 Å². The normalized spacial score (nSPS) is 24.1. The Morgan fingerprint density at radius 3 is 2.24 bits per heavy atom. The molecule has 0 spiro atoms. The zero-order chi connectivity index (χ0) is 15.1. The molecule has 2 aliphatic heterocycles. The minimum atomic E-state index is -0.280. The van der Waals surface area contributed by atoms with Crippen molar-refractivity contribution >= 4 is 13.1 Å². The zero-order valence-electron chi connectivity index (χ0n) is 13.2. The van der Waals surface area contributed by atoms with Gasteiger partial charge in [0.2, 0.25) is 5.95 Å². The topological polar surface area (TPSA) is 47.5 Å². The van der Waals surface area contributed by atoms with Crippen LogP contribution in [0.4, 0.5) is 5.95 Å². The molecule has 0 saturated carbocycles. The van der Waals surface area contributed by atoms with Crippen LogP contribution in [0.3, 0.4) is 0 Å². The molecule has 3 heterocycles. The van der Waals surface area contributed by atoms with Crippen LogP contribution in [0, 0.1) is 0 Å². The molecule has 0 aliphatic carbocycles. The first kappa shape index (κ1) is 14.5. The molecular formula is C15H22BN3O2. The minimum absolute atomic E-state index is 0.228. The van der Waals surface area contributed by atoms with Gasteiger partial charge in [-0.05, 0) is 45.7 Å². The Labute approximate surface area is 126 Å². The van der Waals surface area contributed by atoms with Gasteiger partial charge >= 0.3 is 7.12 Å². The fraction of sp³-hybridized carbons (Fsp3) is 0.600. The first-order chi connectivity index (χ1) is 9.89. The fourth-order valence-electron chi connectivity index (χ4n) is 2.53. The molecule has 1 saturated heterocycles. The molecule has 5 nitrogen and oxygen atoms in total.